The highest BCUT2D eigenvalue weighted by Crippen LogP contribution is 2.45. The van der Waals surface area contributed by atoms with Crippen molar-refractivity contribution in [3.8, 4) is 0 Å². The molecule has 0 bridgehead atoms. The number of hydrogen-bond donors (Lipinski definition) is 1. The predicted octanol–water partition coefficient (Wildman–Crippen LogP) is 4.13. The molecule has 94 valence electrons. The van der Waals surface area contributed by atoms with Crippen LogP contribution in [-0.2, 0) is 0 Å². The Morgan fingerprint density at radius 2 is 1.81 bits per heavy atom. The predicted molar refractivity (Wildman–Crippen MR) is 70.6 cm³/mol. The summed E-state index contributed by atoms with van der Waals surface area (Å²) in [6.45, 7) is 6.06. The topological polar surface area (TPSA) is 12.0 Å². The summed E-state index contributed by atoms with van der Waals surface area (Å²) in [7, 11) is 0. The molecular formula is C15H29N. The molecule has 0 aromatic rings. The van der Waals surface area contributed by atoms with Crippen molar-refractivity contribution in [2.75, 3.05) is 6.54 Å². The molecule has 1 nitrogen and oxygen atoms in total. The van der Waals surface area contributed by atoms with Gasteiger partial charge < -0.3 is 5.32 Å². The largest absolute Gasteiger partial charge is 0.313 e. The van der Waals surface area contributed by atoms with Gasteiger partial charge in [-0.2, -0.15) is 0 Å². The first-order chi connectivity index (χ1) is 7.76. The van der Waals surface area contributed by atoms with Crippen LogP contribution in [0.25, 0.3) is 0 Å². The Kier molecular flexibility index (Phi) is 4.29. The van der Waals surface area contributed by atoms with Gasteiger partial charge in [-0.25, -0.2) is 0 Å². The Morgan fingerprint density at radius 3 is 2.31 bits per heavy atom. The van der Waals surface area contributed by atoms with Gasteiger partial charge in [-0.3, -0.25) is 0 Å². The van der Waals surface area contributed by atoms with E-state index in [1.165, 1.54) is 64.3 Å². The average molecular weight is 223 g/mol. The smallest absolute Gasteiger partial charge is 0.0149 e. The molecule has 0 spiro atoms. The summed E-state index contributed by atoms with van der Waals surface area (Å²) in [5.41, 5.74) is 0.610. The quantitative estimate of drug-likeness (QED) is 0.739. The van der Waals surface area contributed by atoms with E-state index < -0.39 is 0 Å². The second kappa shape index (κ2) is 5.53. The van der Waals surface area contributed by atoms with E-state index >= 15 is 0 Å². The third-order valence-corrected chi connectivity index (χ3v) is 4.98. The van der Waals surface area contributed by atoms with Crippen LogP contribution in [0, 0.1) is 11.3 Å². The lowest BCUT2D eigenvalue weighted by molar-refractivity contribution is 0.0686. The number of nitrogens with one attached hydrogen (secondary N) is 1. The molecule has 2 rings (SSSR count). The summed E-state index contributed by atoms with van der Waals surface area (Å²) < 4.78 is 0. The van der Waals surface area contributed by atoms with Crippen LogP contribution in [-0.4, -0.2) is 12.6 Å². The first-order valence-corrected chi connectivity index (χ1v) is 7.49. The van der Waals surface area contributed by atoms with Gasteiger partial charge in [-0.1, -0.05) is 39.5 Å². The van der Waals surface area contributed by atoms with E-state index in [9.17, 15) is 0 Å². The van der Waals surface area contributed by atoms with E-state index in [4.69, 9.17) is 0 Å². The Balaban J connectivity index is 1.97. The minimum Gasteiger partial charge on any atom is -0.313 e. The van der Waals surface area contributed by atoms with Gasteiger partial charge >= 0.3 is 0 Å². The Labute approximate surface area is 101 Å². The second-order valence-electron chi connectivity index (χ2n) is 6.34. The first-order valence-electron chi connectivity index (χ1n) is 7.49. The van der Waals surface area contributed by atoms with E-state index in [1.807, 2.05) is 0 Å². The lowest BCUT2D eigenvalue weighted by Crippen LogP contribution is -2.51. The van der Waals surface area contributed by atoms with E-state index in [1.54, 1.807) is 0 Å². The van der Waals surface area contributed by atoms with Crippen molar-refractivity contribution in [3.63, 3.8) is 0 Å². The molecule has 0 aromatic heterocycles. The van der Waals surface area contributed by atoms with Gasteiger partial charge in [0.1, 0.15) is 0 Å². The average Bonchev–Trinajstić information content (AvgIpc) is 2.22. The maximum atomic E-state index is 3.88. The molecule has 0 amide bonds. The highest BCUT2D eigenvalue weighted by Gasteiger charge is 2.41. The number of hydrogen-bond acceptors (Lipinski definition) is 1. The fourth-order valence-corrected chi connectivity index (χ4v) is 3.73. The van der Waals surface area contributed by atoms with Gasteiger partial charge in [0.2, 0.25) is 0 Å². The van der Waals surface area contributed by atoms with Crippen LogP contribution in [0.5, 0.6) is 0 Å². The zero-order valence-electron chi connectivity index (χ0n) is 11.2. The fourth-order valence-electron chi connectivity index (χ4n) is 3.73. The molecule has 0 saturated heterocycles. The molecule has 0 heterocycles. The molecule has 2 saturated carbocycles. The van der Waals surface area contributed by atoms with Crippen molar-refractivity contribution in [2.24, 2.45) is 11.3 Å². The summed E-state index contributed by atoms with van der Waals surface area (Å²) in [6, 6.07) is 0.821. The van der Waals surface area contributed by atoms with Gasteiger partial charge in [-0.15, -0.1) is 0 Å². The van der Waals surface area contributed by atoms with Crippen molar-refractivity contribution in [2.45, 2.75) is 77.7 Å². The fraction of sp³-hybridized carbons (Fsp3) is 1.00. The van der Waals surface area contributed by atoms with Gasteiger partial charge in [0, 0.05) is 6.04 Å². The lowest BCUT2D eigenvalue weighted by Gasteiger charge is -2.48. The maximum absolute atomic E-state index is 3.88. The normalized spacial score (nSPS) is 27.4. The van der Waals surface area contributed by atoms with Gasteiger partial charge in [0.25, 0.3) is 0 Å². The molecule has 1 unspecified atom stereocenters. The molecule has 2 aliphatic rings. The van der Waals surface area contributed by atoms with Crippen molar-refractivity contribution in [1.29, 1.82) is 0 Å². The minimum absolute atomic E-state index is 0.610. The third-order valence-electron chi connectivity index (χ3n) is 4.98. The van der Waals surface area contributed by atoms with Crippen LogP contribution < -0.4 is 5.32 Å². The Hall–Kier alpha value is -0.0400. The van der Waals surface area contributed by atoms with E-state index in [0.29, 0.717) is 5.41 Å². The first kappa shape index (κ1) is 12.4. The molecule has 0 radical (unpaired) electrons. The molecule has 2 fully saturated rings. The summed E-state index contributed by atoms with van der Waals surface area (Å²) >= 11 is 0. The monoisotopic (exact) mass is 223 g/mol. The van der Waals surface area contributed by atoms with Crippen molar-refractivity contribution >= 4 is 0 Å². The molecule has 1 N–H and O–H groups in total. The maximum Gasteiger partial charge on any atom is 0.0149 e. The zero-order chi connectivity index (χ0) is 11.4. The highest BCUT2D eigenvalue weighted by molar-refractivity contribution is 4.96. The zero-order valence-corrected chi connectivity index (χ0v) is 11.2. The van der Waals surface area contributed by atoms with Gasteiger partial charge in [0.05, 0.1) is 0 Å². The van der Waals surface area contributed by atoms with Gasteiger partial charge in [-0.05, 0) is 50.0 Å². The van der Waals surface area contributed by atoms with Crippen molar-refractivity contribution in [1.82, 2.24) is 5.32 Å². The minimum atomic E-state index is 0.610. The van der Waals surface area contributed by atoms with E-state index in [2.05, 4.69) is 19.2 Å². The van der Waals surface area contributed by atoms with Crippen molar-refractivity contribution in [3.05, 3.63) is 0 Å². The van der Waals surface area contributed by atoms with Crippen LogP contribution in [0.3, 0.4) is 0 Å². The van der Waals surface area contributed by atoms with E-state index in [-0.39, 0.29) is 0 Å². The summed E-state index contributed by atoms with van der Waals surface area (Å²) in [6.07, 6.45) is 13.1. The van der Waals surface area contributed by atoms with Crippen molar-refractivity contribution < 1.29 is 0 Å². The summed E-state index contributed by atoms with van der Waals surface area (Å²) in [5.74, 6) is 0.995. The van der Waals surface area contributed by atoms with Gasteiger partial charge in [0.15, 0.2) is 0 Å². The van der Waals surface area contributed by atoms with E-state index in [0.717, 1.165) is 12.0 Å². The molecule has 16 heavy (non-hydrogen) atoms. The summed E-state index contributed by atoms with van der Waals surface area (Å²) in [5, 5.41) is 3.88. The van der Waals surface area contributed by atoms with Crippen LogP contribution >= 0.6 is 0 Å². The van der Waals surface area contributed by atoms with Crippen LogP contribution in [0.15, 0.2) is 0 Å². The molecule has 1 atom stereocenters. The van der Waals surface area contributed by atoms with Crippen LogP contribution in [0.4, 0.5) is 0 Å². The SMILES string of the molecule is CCCNC(C1CCC1)C1(C)CCCCC1. The Bertz CT molecular complexity index is 201. The molecule has 1 heteroatoms. The standard InChI is InChI=1S/C15H29N/c1-3-12-16-14(13-8-7-9-13)15(2)10-5-4-6-11-15/h13-14,16H,3-12H2,1-2H3. The summed E-state index contributed by atoms with van der Waals surface area (Å²) in [4.78, 5) is 0. The molecule has 0 aromatic carbocycles. The lowest BCUT2D eigenvalue weighted by atomic mass is 9.62. The number of rotatable bonds is 5. The molecule has 2 aliphatic carbocycles. The van der Waals surface area contributed by atoms with Crippen LogP contribution in [0.2, 0.25) is 0 Å². The molecular weight excluding hydrogens is 194 g/mol. The Morgan fingerprint density at radius 1 is 1.12 bits per heavy atom. The second-order valence-corrected chi connectivity index (χ2v) is 6.34. The van der Waals surface area contributed by atoms with Crippen LogP contribution in [0.1, 0.15) is 71.6 Å². The molecule has 0 aliphatic heterocycles. The highest BCUT2D eigenvalue weighted by atomic mass is 14.9. The third kappa shape index (κ3) is 2.61.